The predicted octanol–water partition coefficient (Wildman–Crippen LogP) is 2.06. The average molecular weight is 245 g/mol. The standard InChI is InChI=1S/C11H14F3N3/c1-10(3-4-10)17-8-2-5-15-6-7(8)16-9(17)11(12,13)14/h15H,2-6H2,1H3. The maximum Gasteiger partial charge on any atom is 0.449 e. The summed E-state index contributed by atoms with van der Waals surface area (Å²) in [4.78, 5) is 3.80. The molecule has 1 aromatic heterocycles. The lowest BCUT2D eigenvalue weighted by Gasteiger charge is -2.21. The predicted molar refractivity (Wildman–Crippen MR) is 55.5 cm³/mol. The van der Waals surface area contributed by atoms with Crippen molar-refractivity contribution in [2.75, 3.05) is 6.54 Å². The molecule has 94 valence electrons. The molecule has 1 N–H and O–H groups in total. The van der Waals surface area contributed by atoms with Gasteiger partial charge in [-0.1, -0.05) is 0 Å². The van der Waals surface area contributed by atoms with Crippen LogP contribution in [-0.2, 0) is 24.7 Å². The van der Waals surface area contributed by atoms with Crippen LogP contribution in [0.4, 0.5) is 13.2 Å². The third-order valence-corrected chi connectivity index (χ3v) is 3.65. The lowest BCUT2D eigenvalue weighted by Crippen LogP contribution is -2.28. The molecule has 3 rings (SSSR count). The van der Waals surface area contributed by atoms with Crippen LogP contribution in [0.5, 0.6) is 0 Å². The fourth-order valence-electron chi connectivity index (χ4n) is 2.49. The number of alkyl halides is 3. The van der Waals surface area contributed by atoms with Crippen LogP contribution in [0, 0.1) is 0 Å². The first-order valence-electron chi connectivity index (χ1n) is 5.81. The van der Waals surface area contributed by atoms with E-state index in [1.54, 1.807) is 0 Å². The van der Waals surface area contributed by atoms with Crippen molar-refractivity contribution in [3.8, 4) is 0 Å². The zero-order valence-electron chi connectivity index (χ0n) is 9.56. The van der Waals surface area contributed by atoms with Gasteiger partial charge in [0.05, 0.1) is 5.69 Å². The van der Waals surface area contributed by atoms with Gasteiger partial charge in [0.1, 0.15) is 0 Å². The quantitative estimate of drug-likeness (QED) is 0.820. The molecule has 1 aromatic rings. The van der Waals surface area contributed by atoms with E-state index in [-0.39, 0.29) is 5.54 Å². The van der Waals surface area contributed by atoms with Gasteiger partial charge in [0.15, 0.2) is 0 Å². The number of fused-ring (bicyclic) bond motifs is 1. The van der Waals surface area contributed by atoms with Crippen molar-refractivity contribution in [2.24, 2.45) is 0 Å². The Morgan fingerprint density at radius 3 is 2.65 bits per heavy atom. The monoisotopic (exact) mass is 245 g/mol. The van der Waals surface area contributed by atoms with E-state index in [1.165, 1.54) is 4.57 Å². The van der Waals surface area contributed by atoms with Crippen LogP contribution >= 0.6 is 0 Å². The minimum absolute atomic E-state index is 0.358. The number of imidazole rings is 1. The molecule has 0 radical (unpaired) electrons. The highest BCUT2D eigenvalue weighted by molar-refractivity contribution is 5.25. The van der Waals surface area contributed by atoms with Crippen molar-refractivity contribution < 1.29 is 13.2 Å². The van der Waals surface area contributed by atoms with Gasteiger partial charge < -0.3 is 9.88 Å². The molecule has 1 fully saturated rings. The van der Waals surface area contributed by atoms with Crippen LogP contribution in [0.1, 0.15) is 37.0 Å². The lowest BCUT2D eigenvalue weighted by atomic mass is 10.1. The zero-order chi connectivity index (χ0) is 12.3. The normalized spacial score (nSPS) is 22.4. The molecule has 2 aliphatic rings. The fourth-order valence-corrected chi connectivity index (χ4v) is 2.49. The van der Waals surface area contributed by atoms with E-state index in [2.05, 4.69) is 10.3 Å². The molecule has 0 amide bonds. The van der Waals surface area contributed by atoms with Crippen LogP contribution in [0.2, 0.25) is 0 Å². The Balaban J connectivity index is 2.18. The smallest absolute Gasteiger partial charge is 0.318 e. The van der Waals surface area contributed by atoms with Crippen molar-refractivity contribution in [1.82, 2.24) is 14.9 Å². The number of hydrogen-bond donors (Lipinski definition) is 1. The second-order valence-corrected chi connectivity index (χ2v) is 5.09. The summed E-state index contributed by atoms with van der Waals surface area (Å²) in [5.74, 6) is -0.716. The van der Waals surface area contributed by atoms with E-state index in [4.69, 9.17) is 0 Å². The molecule has 0 bridgehead atoms. The van der Waals surface area contributed by atoms with E-state index < -0.39 is 12.0 Å². The summed E-state index contributed by atoms with van der Waals surface area (Å²) in [5, 5.41) is 3.06. The first kappa shape index (κ1) is 11.1. The van der Waals surface area contributed by atoms with Gasteiger partial charge in [0, 0.05) is 30.7 Å². The van der Waals surface area contributed by atoms with Gasteiger partial charge >= 0.3 is 6.18 Å². The second-order valence-electron chi connectivity index (χ2n) is 5.09. The van der Waals surface area contributed by atoms with Crippen LogP contribution in [0.25, 0.3) is 0 Å². The van der Waals surface area contributed by atoms with E-state index in [0.717, 1.165) is 25.1 Å². The molecule has 2 heterocycles. The van der Waals surface area contributed by atoms with Gasteiger partial charge in [-0.25, -0.2) is 4.98 Å². The molecule has 0 atom stereocenters. The van der Waals surface area contributed by atoms with Crippen molar-refractivity contribution in [1.29, 1.82) is 0 Å². The summed E-state index contributed by atoms with van der Waals surface area (Å²) in [6.45, 7) is 3.06. The Hall–Kier alpha value is -1.04. The third kappa shape index (κ3) is 1.66. The highest BCUT2D eigenvalue weighted by Gasteiger charge is 2.49. The number of aromatic nitrogens is 2. The summed E-state index contributed by atoms with van der Waals surface area (Å²) in [6, 6.07) is 0. The number of rotatable bonds is 1. The van der Waals surface area contributed by atoms with Crippen LogP contribution in [0.15, 0.2) is 0 Å². The van der Waals surface area contributed by atoms with Crippen LogP contribution in [-0.4, -0.2) is 16.1 Å². The summed E-state index contributed by atoms with van der Waals surface area (Å²) < 4.78 is 40.4. The van der Waals surface area contributed by atoms with E-state index in [0.29, 0.717) is 18.7 Å². The summed E-state index contributed by atoms with van der Waals surface area (Å²) in [7, 11) is 0. The summed E-state index contributed by atoms with van der Waals surface area (Å²) in [6.07, 6.45) is -2.10. The topological polar surface area (TPSA) is 29.9 Å². The largest absolute Gasteiger partial charge is 0.449 e. The Kier molecular flexibility index (Phi) is 2.12. The highest BCUT2D eigenvalue weighted by Crippen LogP contribution is 2.47. The van der Waals surface area contributed by atoms with Crippen molar-refractivity contribution >= 4 is 0 Å². The van der Waals surface area contributed by atoms with Crippen molar-refractivity contribution in [3.05, 3.63) is 17.2 Å². The molecule has 0 saturated heterocycles. The molecular formula is C11H14F3N3. The van der Waals surface area contributed by atoms with Crippen molar-refractivity contribution in [2.45, 2.75) is 44.4 Å². The average Bonchev–Trinajstić information content (AvgIpc) is 2.86. The molecule has 6 heteroatoms. The zero-order valence-corrected chi connectivity index (χ0v) is 9.56. The molecule has 0 spiro atoms. The summed E-state index contributed by atoms with van der Waals surface area (Å²) in [5.41, 5.74) is 0.982. The van der Waals surface area contributed by atoms with Gasteiger partial charge in [-0.3, -0.25) is 0 Å². The molecule has 0 aromatic carbocycles. The fraction of sp³-hybridized carbons (Fsp3) is 0.727. The number of halogens is 3. The highest BCUT2D eigenvalue weighted by atomic mass is 19.4. The number of nitrogens with one attached hydrogen (secondary N) is 1. The number of nitrogens with zero attached hydrogens (tertiary/aromatic N) is 2. The Bertz CT molecular complexity index is 457. The maximum absolute atomic E-state index is 13.0. The molecule has 1 saturated carbocycles. The lowest BCUT2D eigenvalue weighted by molar-refractivity contribution is -0.148. The van der Waals surface area contributed by atoms with Gasteiger partial charge in [-0.15, -0.1) is 0 Å². The van der Waals surface area contributed by atoms with Gasteiger partial charge in [-0.2, -0.15) is 13.2 Å². The molecule has 0 unspecified atom stereocenters. The first-order chi connectivity index (χ1) is 7.92. The van der Waals surface area contributed by atoms with Gasteiger partial charge in [-0.05, 0) is 19.8 Å². The van der Waals surface area contributed by atoms with Gasteiger partial charge in [0.2, 0.25) is 5.82 Å². The maximum atomic E-state index is 13.0. The van der Waals surface area contributed by atoms with E-state index >= 15 is 0 Å². The molecular weight excluding hydrogens is 231 g/mol. The molecule has 17 heavy (non-hydrogen) atoms. The van der Waals surface area contributed by atoms with Crippen LogP contribution in [0.3, 0.4) is 0 Å². The second kappa shape index (κ2) is 3.25. The SMILES string of the molecule is CC1(n2c(C(F)(F)F)nc3c2CCNC3)CC1. The number of hydrogen-bond acceptors (Lipinski definition) is 2. The van der Waals surface area contributed by atoms with Gasteiger partial charge in [0.25, 0.3) is 0 Å². The minimum Gasteiger partial charge on any atom is -0.318 e. The Labute approximate surface area is 97.0 Å². The van der Waals surface area contributed by atoms with Crippen molar-refractivity contribution in [3.63, 3.8) is 0 Å². The minimum atomic E-state index is -4.36. The van der Waals surface area contributed by atoms with Crippen LogP contribution < -0.4 is 5.32 Å². The Morgan fingerprint density at radius 2 is 2.06 bits per heavy atom. The Morgan fingerprint density at radius 1 is 1.35 bits per heavy atom. The molecule has 1 aliphatic heterocycles. The molecule has 1 aliphatic carbocycles. The van der Waals surface area contributed by atoms with E-state index in [1.807, 2.05) is 6.92 Å². The first-order valence-corrected chi connectivity index (χ1v) is 5.81. The third-order valence-electron chi connectivity index (χ3n) is 3.65. The molecule has 3 nitrogen and oxygen atoms in total. The van der Waals surface area contributed by atoms with E-state index in [9.17, 15) is 13.2 Å². The summed E-state index contributed by atoms with van der Waals surface area (Å²) >= 11 is 0.